The molecule has 0 radical (unpaired) electrons. The first-order valence-electron chi connectivity index (χ1n) is 4.24. The summed E-state index contributed by atoms with van der Waals surface area (Å²) < 4.78 is 40.2. The average molecular weight is 377 g/mol. The van der Waals surface area contributed by atoms with E-state index in [1.165, 1.54) is 0 Å². The van der Waals surface area contributed by atoms with Crippen molar-refractivity contribution in [1.29, 1.82) is 5.26 Å². The van der Waals surface area contributed by atoms with Crippen molar-refractivity contribution in [3.8, 4) is 11.9 Å². The molecule has 0 saturated heterocycles. The second-order valence-corrected chi connectivity index (χ2v) is 4.31. The molecule has 1 heterocycles. The third kappa shape index (κ3) is 4.20. The van der Waals surface area contributed by atoms with Gasteiger partial charge in [0.25, 0.3) is 0 Å². The molecular weight excluding hydrogens is 371 g/mol. The topological polar surface area (TPSA) is 45.9 Å². The van der Waals surface area contributed by atoms with Crippen LogP contribution in [0, 0.1) is 14.9 Å². The van der Waals surface area contributed by atoms with Crippen molar-refractivity contribution in [3.63, 3.8) is 0 Å². The lowest BCUT2D eigenvalue weighted by molar-refractivity contribution is -0.276. The van der Waals surface area contributed by atoms with Gasteiger partial charge in [-0.05, 0) is 22.6 Å². The van der Waals surface area contributed by atoms with Gasteiger partial charge in [0, 0.05) is 15.2 Å². The Bertz CT molecular complexity index is 459. The summed E-state index contributed by atoms with van der Waals surface area (Å²) in [6, 6.07) is 2.95. The molecule has 0 atom stereocenters. The fourth-order valence-electron chi connectivity index (χ4n) is 1.10. The van der Waals surface area contributed by atoms with Crippen molar-refractivity contribution in [2.24, 2.45) is 0 Å². The molecule has 1 aromatic heterocycles. The fourth-order valence-corrected chi connectivity index (χ4v) is 2.39. The van der Waals surface area contributed by atoms with Crippen molar-refractivity contribution in [3.05, 3.63) is 20.9 Å². The molecule has 0 aliphatic rings. The van der Waals surface area contributed by atoms with Gasteiger partial charge in [-0.15, -0.1) is 24.8 Å². The summed E-state index contributed by atoms with van der Waals surface area (Å²) in [6.07, 6.45) is -4.92. The molecule has 92 valence electrons. The zero-order chi connectivity index (χ0) is 13.1. The summed E-state index contributed by atoms with van der Waals surface area (Å²) in [5.74, 6) is -0.504. The molecule has 1 rings (SSSR count). The van der Waals surface area contributed by atoms with E-state index in [4.69, 9.17) is 16.9 Å². The Morgan fingerprint density at radius 2 is 2.18 bits per heavy atom. The number of nitrogens with zero attached hydrogens (tertiary/aromatic N) is 2. The van der Waals surface area contributed by atoms with Crippen molar-refractivity contribution in [2.75, 3.05) is 0 Å². The molecule has 0 saturated carbocycles. The zero-order valence-electron chi connectivity index (χ0n) is 8.18. The third-order valence-electron chi connectivity index (χ3n) is 1.73. The number of ether oxygens (including phenoxy) is 1. The monoisotopic (exact) mass is 376 g/mol. The quantitative estimate of drug-likeness (QED) is 0.600. The molecule has 17 heavy (non-hydrogen) atoms. The number of rotatable bonds is 3. The van der Waals surface area contributed by atoms with E-state index in [-0.39, 0.29) is 18.0 Å². The van der Waals surface area contributed by atoms with Crippen molar-refractivity contribution in [2.45, 2.75) is 18.7 Å². The lowest BCUT2D eigenvalue weighted by atomic mass is 10.2. The number of alkyl halides is 4. The van der Waals surface area contributed by atoms with Crippen LogP contribution in [-0.2, 0) is 12.3 Å². The Morgan fingerprint density at radius 1 is 1.53 bits per heavy atom. The van der Waals surface area contributed by atoms with Gasteiger partial charge in [0.05, 0.1) is 24.1 Å². The van der Waals surface area contributed by atoms with Crippen LogP contribution in [0.25, 0.3) is 0 Å². The molecule has 0 N–H and O–H groups in total. The van der Waals surface area contributed by atoms with Gasteiger partial charge in [-0.2, -0.15) is 5.26 Å². The molecule has 0 bridgehead atoms. The second-order valence-electron chi connectivity index (χ2n) is 2.88. The Kier molecular flexibility index (Phi) is 4.82. The predicted octanol–water partition coefficient (Wildman–Crippen LogP) is 3.39. The van der Waals surface area contributed by atoms with Crippen LogP contribution in [0.4, 0.5) is 13.2 Å². The van der Waals surface area contributed by atoms with Gasteiger partial charge in [0.1, 0.15) is 0 Å². The first kappa shape index (κ1) is 14.3. The molecule has 0 aliphatic heterocycles. The average Bonchev–Trinajstić information content (AvgIpc) is 2.15. The molecule has 0 unspecified atom stereocenters. The largest absolute Gasteiger partial charge is 0.574 e. The summed E-state index contributed by atoms with van der Waals surface area (Å²) in [5, 5.41) is 8.56. The number of pyridine rings is 1. The number of hydrogen-bond donors (Lipinski definition) is 0. The lowest BCUT2D eigenvalue weighted by Crippen LogP contribution is -2.18. The maximum atomic E-state index is 12.0. The smallest absolute Gasteiger partial charge is 0.388 e. The Morgan fingerprint density at radius 3 is 2.65 bits per heavy atom. The van der Waals surface area contributed by atoms with E-state index in [1.807, 2.05) is 28.7 Å². The van der Waals surface area contributed by atoms with Gasteiger partial charge in [0.15, 0.2) is 0 Å². The summed E-state index contributed by atoms with van der Waals surface area (Å²) in [5.41, 5.74) is 0.747. The van der Waals surface area contributed by atoms with Gasteiger partial charge < -0.3 is 4.74 Å². The standard InChI is InChI=1S/C9H5ClF3IN2O/c10-4-5-6(14)3-8(17-9(11,12)13)16-7(5)1-2-15/h3H,1,4H2. The fraction of sp³-hybridized carbons (Fsp3) is 0.333. The molecule has 0 amide bonds. The molecule has 0 spiro atoms. The van der Waals surface area contributed by atoms with E-state index in [9.17, 15) is 13.2 Å². The normalized spacial score (nSPS) is 11.1. The number of hydrogen-bond acceptors (Lipinski definition) is 3. The van der Waals surface area contributed by atoms with Gasteiger partial charge in [-0.3, -0.25) is 0 Å². The highest BCUT2D eigenvalue weighted by atomic mass is 127. The van der Waals surface area contributed by atoms with Crippen LogP contribution in [0.15, 0.2) is 6.07 Å². The van der Waals surface area contributed by atoms with Crippen molar-refractivity contribution < 1.29 is 17.9 Å². The van der Waals surface area contributed by atoms with Crippen LogP contribution in [0.2, 0.25) is 0 Å². The maximum absolute atomic E-state index is 12.0. The van der Waals surface area contributed by atoms with Crippen LogP contribution < -0.4 is 4.74 Å². The van der Waals surface area contributed by atoms with E-state index >= 15 is 0 Å². The Balaban J connectivity index is 3.15. The predicted molar refractivity (Wildman–Crippen MR) is 62.5 cm³/mol. The Labute approximate surface area is 114 Å². The van der Waals surface area contributed by atoms with Gasteiger partial charge >= 0.3 is 6.36 Å². The summed E-state index contributed by atoms with van der Waals surface area (Å²) in [7, 11) is 0. The van der Waals surface area contributed by atoms with E-state index in [0.29, 0.717) is 9.13 Å². The minimum Gasteiger partial charge on any atom is -0.388 e. The van der Waals surface area contributed by atoms with E-state index in [1.54, 1.807) is 0 Å². The van der Waals surface area contributed by atoms with Crippen LogP contribution in [0.5, 0.6) is 5.88 Å². The molecule has 0 aliphatic carbocycles. The highest BCUT2D eigenvalue weighted by Crippen LogP contribution is 2.26. The van der Waals surface area contributed by atoms with Gasteiger partial charge in [-0.25, -0.2) is 4.98 Å². The SMILES string of the molecule is N#CCc1nc(OC(F)(F)F)cc(I)c1CCl. The van der Waals surface area contributed by atoms with Crippen molar-refractivity contribution in [1.82, 2.24) is 4.98 Å². The number of aromatic nitrogens is 1. The first-order valence-corrected chi connectivity index (χ1v) is 5.85. The van der Waals surface area contributed by atoms with Crippen LogP contribution in [0.1, 0.15) is 11.3 Å². The zero-order valence-corrected chi connectivity index (χ0v) is 11.1. The van der Waals surface area contributed by atoms with E-state index < -0.39 is 12.2 Å². The third-order valence-corrected chi connectivity index (χ3v) is 2.96. The maximum Gasteiger partial charge on any atom is 0.574 e. The highest BCUT2D eigenvalue weighted by molar-refractivity contribution is 14.1. The molecule has 0 aromatic carbocycles. The van der Waals surface area contributed by atoms with Gasteiger partial charge in [0.2, 0.25) is 5.88 Å². The highest BCUT2D eigenvalue weighted by Gasteiger charge is 2.32. The number of nitriles is 1. The van der Waals surface area contributed by atoms with Crippen LogP contribution >= 0.6 is 34.2 Å². The number of halogens is 5. The molecule has 0 fully saturated rings. The van der Waals surface area contributed by atoms with Crippen LogP contribution in [-0.4, -0.2) is 11.3 Å². The summed E-state index contributed by atoms with van der Waals surface area (Å²) >= 11 is 7.46. The lowest BCUT2D eigenvalue weighted by Gasteiger charge is -2.11. The van der Waals surface area contributed by atoms with E-state index in [0.717, 1.165) is 6.07 Å². The van der Waals surface area contributed by atoms with Crippen LogP contribution in [0.3, 0.4) is 0 Å². The van der Waals surface area contributed by atoms with Gasteiger partial charge in [-0.1, -0.05) is 0 Å². The molecular formula is C9H5ClF3IN2O. The molecule has 1 aromatic rings. The summed E-state index contributed by atoms with van der Waals surface area (Å²) in [4.78, 5) is 3.63. The second kappa shape index (κ2) is 5.73. The van der Waals surface area contributed by atoms with Crippen molar-refractivity contribution >= 4 is 34.2 Å². The minimum atomic E-state index is -4.80. The first-order chi connectivity index (χ1) is 7.87. The Hall–Kier alpha value is -0.750. The minimum absolute atomic E-state index is 0.0780. The molecule has 3 nitrogen and oxygen atoms in total. The summed E-state index contributed by atoms with van der Waals surface area (Å²) in [6.45, 7) is 0. The van der Waals surface area contributed by atoms with E-state index in [2.05, 4.69) is 9.72 Å². The molecule has 8 heteroatoms.